The molecule has 3 rings (SSSR count). The van der Waals surface area contributed by atoms with Gasteiger partial charge in [0, 0.05) is 46.9 Å². The Morgan fingerprint density at radius 1 is 1.61 bits per heavy atom. The van der Waals surface area contributed by atoms with Crippen LogP contribution >= 0.6 is 9.41 Å². The second-order valence-corrected chi connectivity index (χ2v) is 7.32. The fourth-order valence-electron chi connectivity index (χ4n) is 3.15. The average Bonchev–Trinajstić information content (AvgIpc) is 3.40. The Morgan fingerprint density at radius 3 is 3.19 bits per heavy atom. The van der Waals surface area contributed by atoms with Crippen LogP contribution in [0, 0.1) is 0 Å². The number of aromatic nitrogens is 4. The van der Waals surface area contributed by atoms with Gasteiger partial charge in [-0.1, -0.05) is 12.2 Å². The van der Waals surface area contributed by atoms with Crippen molar-refractivity contribution in [1.29, 1.82) is 1.28 Å². The highest BCUT2D eigenvalue weighted by Crippen LogP contribution is 2.28. The van der Waals surface area contributed by atoms with Crippen molar-refractivity contribution in [2.24, 2.45) is 5.73 Å². The number of carbonyl (C=O) groups is 1. The molecule has 0 aliphatic carbocycles. The Morgan fingerprint density at radius 2 is 2.45 bits per heavy atom. The number of imidazole rings is 1. The Hall–Kier alpha value is -2.63. The minimum Gasteiger partial charge on any atom is -0.390 e. The molecule has 0 spiro atoms. The van der Waals surface area contributed by atoms with Gasteiger partial charge in [-0.05, 0) is 0 Å². The third-order valence-electron chi connectivity index (χ3n) is 4.78. The van der Waals surface area contributed by atoms with Crippen LogP contribution in [0.15, 0.2) is 34.4 Å². The summed E-state index contributed by atoms with van der Waals surface area (Å²) in [5, 5.41) is 12.7. The van der Waals surface area contributed by atoms with E-state index in [1.807, 2.05) is 0 Å². The number of nitrogens with two attached hydrogens (primary N) is 1. The zero-order valence-corrected chi connectivity index (χ0v) is 17.5. The summed E-state index contributed by atoms with van der Waals surface area (Å²) in [6.07, 6.45) is 5.55. The summed E-state index contributed by atoms with van der Waals surface area (Å²) in [5.74, 6) is -0.363. The fraction of sp³-hybridized carbons (Fsp3) is 0.444. The lowest BCUT2D eigenvalue weighted by Gasteiger charge is -2.15. The summed E-state index contributed by atoms with van der Waals surface area (Å²) in [6, 6.07) is -0.757. The predicted octanol–water partition coefficient (Wildman–Crippen LogP) is -1.59. The summed E-state index contributed by atoms with van der Waals surface area (Å²) in [6.45, 7) is 0.159. The molecule has 5 atom stereocenters. The molecule has 5 unspecified atom stereocenters. The summed E-state index contributed by atoms with van der Waals surface area (Å²) in [7, 11) is -0.492. The number of aliphatic hydroxyl groups is 1. The van der Waals surface area contributed by atoms with Gasteiger partial charge in [-0.2, -0.15) is 0 Å². The van der Waals surface area contributed by atoms with E-state index in [-0.39, 0.29) is 31.0 Å². The van der Waals surface area contributed by atoms with Crippen LogP contribution < -0.4 is 22.3 Å². The molecule has 3 heterocycles. The van der Waals surface area contributed by atoms with E-state index >= 15 is 0 Å². The molecule has 0 saturated carbocycles. The maximum absolute atomic E-state index is 12.2. The molecule has 1 amide bonds. The Kier molecular flexibility index (Phi) is 7.39. The number of amides is 1. The SMILES string of the molecule is [3H]POCC1OC(n2cc(C=CCNC(=O)C(N)Cc3cnc[nH]3)c(=O)[nH]c2=O)CC1O. The first-order valence-corrected chi connectivity index (χ1v) is 9.94. The normalized spacial score (nSPS) is 22.9. The molecule has 0 aromatic carbocycles. The number of aromatic amines is 2. The van der Waals surface area contributed by atoms with Crippen molar-refractivity contribution in [1.82, 2.24) is 24.8 Å². The van der Waals surface area contributed by atoms with Crippen molar-refractivity contribution >= 4 is 21.4 Å². The smallest absolute Gasteiger partial charge is 0.330 e. The van der Waals surface area contributed by atoms with Crippen LogP contribution in [0.1, 0.15) is 23.9 Å². The van der Waals surface area contributed by atoms with E-state index in [1.54, 1.807) is 12.3 Å². The zero-order chi connectivity index (χ0) is 23.1. The summed E-state index contributed by atoms with van der Waals surface area (Å²) in [4.78, 5) is 45.4. The van der Waals surface area contributed by atoms with Crippen LogP contribution in [-0.4, -0.2) is 63.2 Å². The lowest BCUT2D eigenvalue weighted by molar-refractivity contribution is -0.122. The number of ether oxygens (including phenoxy) is 1. The summed E-state index contributed by atoms with van der Waals surface area (Å²) in [5.41, 5.74) is 5.49. The average molecular weight is 454 g/mol. The number of hydrogen-bond acceptors (Lipinski definition) is 8. The number of aliphatic hydroxyl groups excluding tert-OH is 1. The second kappa shape index (κ2) is 10.6. The number of nitrogens with zero attached hydrogens (tertiary/aromatic N) is 2. The molecule has 168 valence electrons. The van der Waals surface area contributed by atoms with Crippen molar-refractivity contribution in [2.45, 2.75) is 37.3 Å². The van der Waals surface area contributed by atoms with E-state index in [0.717, 1.165) is 5.69 Å². The first-order valence-electron chi connectivity index (χ1n) is 10.0. The van der Waals surface area contributed by atoms with Gasteiger partial charge in [0.15, 0.2) is 0 Å². The van der Waals surface area contributed by atoms with Gasteiger partial charge in [0.25, 0.3) is 5.56 Å². The van der Waals surface area contributed by atoms with Crippen LogP contribution in [0.2, 0.25) is 0 Å². The molecule has 2 aromatic rings. The van der Waals surface area contributed by atoms with Gasteiger partial charge in [0.2, 0.25) is 5.91 Å². The van der Waals surface area contributed by atoms with E-state index in [4.69, 9.17) is 16.3 Å². The molecule has 1 aliphatic rings. The monoisotopic (exact) mass is 454 g/mol. The Bertz CT molecular complexity index is 1040. The van der Waals surface area contributed by atoms with Crippen molar-refractivity contribution in [3.63, 3.8) is 0 Å². The standard InChI is InChI=1S/C18H25N6O6P/c19-12(4-11-6-20-9-22-11)17(27)21-3-1-2-10-7-24(18(28)23-16(10)26)15-5-13(25)14(30-15)8-29-31/h1-2,6-7,9,12-15,25H,3-5,8,19,31H2,(H,20,22)(H,21,27)(H,23,26,28)/i31T. The molecule has 2 aromatic heterocycles. The number of H-pyrrole nitrogens is 2. The van der Waals surface area contributed by atoms with Crippen molar-refractivity contribution in [3.8, 4) is 0 Å². The lowest BCUT2D eigenvalue weighted by atomic mass is 10.1. The van der Waals surface area contributed by atoms with Gasteiger partial charge in [0.1, 0.15) is 12.3 Å². The number of carbonyl (C=O) groups excluding carboxylic acids is 1. The molecule has 1 fully saturated rings. The van der Waals surface area contributed by atoms with Crippen LogP contribution in [0.5, 0.6) is 0 Å². The number of nitrogens with one attached hydrogen (secondary N) is 3. The Labute approximate surface area is 180 Å². The number of hydrogen-bond donors (Lipinski definition) is 5. The molecular weight excluding hydrogens is 427 g/mol. The van der Waals surface area contributed by atoms with Gasteiger partial charge in [-0.15, -0.1) is 0 Å². The first-order chi connectivity index (χ1) is 15.4. The maximum atomic E-state index is 12.2. The number of rotatable bonds is 10. The van der Waals surface area contributed by atoms with Gasteiger partial charge in [0.05, 0.1) is 31.9 Å². The third-order valence-corrected chi connectivity index (χ3v) is 4.95. The summed E-state index contributed by atoms with van der Waals surface area (Å²) < 4.78 is 18.9. The molecule has 1 saturated heterocycles. The molecule has 0 radical (unpaired) electrons. The van der Waals surface area contributed by atoms with Gasteiger partial charge in [-0.25, -0.2) is 9.78 Å². The van der Waals surface area contributed by atoms with E-state index in [2.05, 4.69) is 20.3 Å². The third kappa shape index (κ3) is 5.96. The molecule has 0 bridgehead atoms. The van der Waals surface area contributed by atoms with Gasteiger partial charge in [-0.3, -0.25) is 19.1 Å². The molecular formula is C18H25N6O6P. The topological polar surface area (TPSA) is 177 Å². The van der Waals surface area contributed by atoms with E-state index < -0.39 is 45.1 Å². The molecule has 31 heavy (non-hydrogen) atoms. The van der Waals surface area contributed by atoms with Crippen molar-refractivity contribution in [2.75, 3.05) is 13.2 Å². The quantitative estimate of drug-likeness (QED) is 0.267. The molecule has 6 N–H and O–H groups in total. The van der Waals surface area contributed by atoms with Crippen molar-refractivity contribution < 1.29 is 19.2 Å². The maximum Gasteiger partial charge on any atom is 0.330 e. The van der Waals surface area contributed by atoms with Gasteiger partial charge < -0.3 is 30.4 Å². The van der Waals surface area contributed by atoms with E-state index in [0.29, 0.717) is 6.42 Å². The van der Waals surface area contributed by atoms with E-state index in [9.17, 15) is 19.5 Å². The minimum absolute atomic E-state index is 0.0344. The van der Waals surface area contributed by atoms with Crippen LogP contribution in [0.4, 0.5) is 0 Å². The highest BCUT2D eigenvalue weighted by molar-refractivity contribution is 7.09. The minimum atomic E-state index is -0.865. The van der Waals surface area contributed by atoms with Crippen LogP contribution in [0.25, 0.3) is 6.08 Å². The van der Waals surface area contributed by atoms with E-state index in [1.165, 1.54) is 23.2 Å². The van der Waals surface area contributed by atoms with Gasteiger partial charge >= 0.3 is 5.69 Å². The second-order valence-electron chi connectivity index (χ2n) is 7.03. The molecule has 13 heteroatoms. The molecule has 12 nitrogen and oxygen atoms in total. The highest BCUT2D eigenvalue weighted by atomic mass is 31.0. The first kappa shape index (κ1) is 21.6. The van der Waals surface area contributed by atoms with Crippen molar-refractivity contribution in [3.05, 3.63) is 56.9 Å². The molecule has 1 aliphatic heterocycles. The fourth-order valence-corrected chi connectivity index (χ4v) is 3.32. The largest absolute Gasteiger partial charge is 0.390 e. The summed E-state index contributed by atoms with van der Waals surface area (Å²) >= 11 is 0. The predicted molar refractivity (Wildman–Crippen MR) is 114 cm³/mol. The zero-order valence-electron chi connectivity index (χ0n) is 17.5. The van der Waals surface area contributed by atoms with Crippen LogP contribution in [-0.2, 0) is 20.5 Å². The lowest BCUT2D eigenvalue weighted by Crippen LogP contribution is -2.42. The highest BCUT2D eigenvalue weighted by Gasteiger charge is 2.35. The Balaban J connectivity index is 1.59. The van der Waals surface area contributed by atoms with Crippen LogP contribution in [0.3, 0.4) is 0 Å².